The third-order valence-corrected chi connectivity index (χ3v) is 3.03. The van der Waals surface area contributed by atoms with Crippen LogP contribution in [0.2, 0.25) is 0 Å². The van der Waals surface area contributed by atoms with Crippen LogP contribution in [0.4, 0.5) is 0 Å². The monoisotopic (exact) mass is 195 g/mol. The Hall–Kier alpha value is -0.870. The maximum absolute atomic E-state index is 9.70. The van der Waals surface area contributed by atoms with Crippen LogP contribution in [0.1, 0.15) is 12.8 Å². The summed E-state index contributed by atoms with van der Waals surface area (Å²) in [6, 6.07) is 0.267. The van der Waals surface area contributed by atoms with E-state index in [9.17, 15) is 5.11 Å². The molecule has 0 aliphatic heterocycles. The smallest absolute Gasteiger partial charge is 0.0945 e. The van der Waals surface area contributed by atoms with Crippen molar-refractivity contribution in [1.82, 2.24) is 14.9 Å². The van der Waals surface area contributed by atoms with E-state index in [2.05, 4.69) is 14.9 Å². The molecule has 14 heavy (non-hydrogen) atoms. The van der Waals surface area contributed by atoms with Crippen molar-refractivity contribution in [3.63, 3.8) is 0 Å². The predicted octanol–water partition coefficient (Wildman–Crippen LogP) is 0.242. The number of nitrogens with one attached hydrogen (secondary N) is 1. The van der Waals surface area contributed by atoms with Crippen molar-refractivity contribution in [3.05, 3.63) is 18.7 Å². The lowest BCUT2D eigenvalue weighted by Crippen LogP contribution is -2.32. The number of aliphatic hydroxyl groups is 1. The highest BCUT2D eigenvalue weighted by Crippen LogP contribution is 2.27. The van der Waals surface area contributed by atoms with Crippen LogP contribution in [0.3, 0.4) is 0 Å². The lowest BCUT2D eigenvalue weighted by Gasteiger charge is -2.11. The maximum Gasteiger partial charge on any atom is 0.0945 e. The zero-order valence-corrected chi connectivity index (χ0v) is 8.43. The van der Waals surface area contributed by atoms with Crippen LogP contribution in [-0.2, 0) is 6.54 Å². The summed E-state index contributed by atoms with van der Waals surface area (Å²) in [4.78, 5) is 4.01. The molecule has 3 unspecified atom stereocenters. The Bertz CT molecular complexity index is 273. The minimum atomic E-state index is -0.187. The van der Waals surface area contributed by atoms with E-state index in [1.54, 1.807) is 6.20 Å². The summed E-state index contributed by atoms with van der Waals surface area (Å²) >= 11 is 0. The molecule has 0 aromatic carbocycles. The topological polar surface area (TPSA) is 50.1 Å². The highest BCUT2D eigenvalue weighted by Gasteiger charge is 2.31. The van der Waals surface area contributed by atoms with Crippen molar-refractivity contribution < 1.29 is 5.11 Å². The third kappa shape index (κ3) is 1.96. The van der Waals surface area contributed by atoms with E-state index in [-0.39, 0.29) is 12.1 Å². The van der Waals surface area contributed by atoms with Gasteiger partial charge in [0.1, 0.15) is 0 Å². The number of hydrogen-bond donors (Lipinski definition) is 2. The molecule has 0 radical (unpaired) electrons. The van der Waals surface area contributed by atoms with Crippen molar-refractivity contribution in [2.45, 2.75) is 31.5 Å². The van der Waals surface area contributed by atoms with Crippen molar-refractivity contribution in [3.8, 4) is 0 Å². The van der Waals surface area contributed by atoms with Gasteiger partial charge in [-0.2, -0.15) is 0 Å². The maximum atomic E-state index is 9.70. The zero-order valence-electron chi connectivity index (χ0n) is 8.43. The van der Waals surface area contributed by atoms with Crippen molar-refractivity contribution in [2.24, 2.45) is 5.92 Å². The van der Waals surface area contributed by atoms with Crippen LogP contribution >= 0.6 is 0 Å². The summed E-state index contributed by atoms with van der Waals surface area (Å²) in [6.45, 7) is 0.968. The van der Waals surface area contributed by atoms with E-state index >= 15 is 0 Å². The molecule has 4 nitrogen and oxygen atoms in total. The van der Waals surface area contributed by atoms with E-state index in [1.165, 1.54) is 0 Å². The van der Waals surface area contributed by atoms with Gasteiger partial charge in [0.2, 0.25) is 0 Å². The van der Waals surface area contributed by atoms with Gasteiger partial charge in [-0.05, 0) is 25.8 Å². The molecule has 0 saturated heterocycles. The second kappa shape index (κ2) is 4.11. The average molecular weight is 195 g/mol. The van der Waals surface area contributed by atoms with Crippen molar-refractivity contribution in [2.75, 3.05) is 7.05 Å². The molecule has 1 aliphatic carbocycles. The molecule has 78 valence electrons. The molecular formula is C10H17N3O. The Labute approximate surface area is 84.0 Å². The summed E-state index contributed by atoms with van der Waals surface area (Å²) in [5.74, 6) is 0.566. The third-order valence-electron chi connectivity index (χ3n) is 3.03. The molecule has 0 amide bonds. The summed E-state index contributed by atoms with van der Waals surface area (Å²) in [5.41, 5.74) is 0. The normalized spacial score (nSPS) is 32.3. The van der Waals surface area contributed by atoms with Gasteiger partial charge in [-0.3, -0.25) is 0 Å². The number of imidazole rings is 1. The van der Waals surface area contributed by atoms with Gasteiger partial charge in [0.25, 0.3) is 0 Å². The molecule has 3 atom stereocenters. The first-order valence-electron chi connectivity index (χ1n) is 5.10. The lowest BCUT2D eigenvalue weighted by atomic mass is 10.1. The first kappa shape index (κ1) is 9.68. The number of aromatic nitrogens is 2. The number of nitrogens with zero attached hydrogens (tertiary/aromatic N) is 2. The van der Waals surface area contributed by atoms with Gasteiger partial charge < -0.3 is 15.0 Å². The standard InChI is InChI=1S/C10H17N3O/c1-11-9-4-8(5-10(9)14)6-13-3-2-12-7-13/h2-3,7-11,14H,4-6H2,1H3. The summed E-state index contributed by atoms with van der Waals surface area (Å²) in [7, 11) is 1.91. The quantitative estimate of drug-likeness (QED) is 0.726. The SMILES string of the molecule is CNC1CC(Cn2ccnc2)CC1O. The van der Waals surface area contributed by atoms with Gasteiger partial charge >= 0.3 is 0 Å². The van der Waals surface area contributed by atoms with E-state index in [0.29, 0.717) is 5.92 Å². The van der Waals surface area contributed by atoms with E-state index in [4.69, 9.17) is 0 Å². The number of hydrogen-bond acceptors (Lipinski definition) is 3. The van der Waals surface area contributed by atoms with Crippen LogP contribution in [0.5, 0.6) is 0 Å². The highest BCUT2D eigenvalue weighted by atomic mass is 16.3. The summed E-state index contributed by atoms with van der Waals surface area (Å²) in [6.07, 6.45) is 7.35. The molecule has 0 spiro atoms. The minimum Gasteiger partial charge on any atom is -0.391 e. The fourth-order valence-electron chi connectivity index (χ4n) is 2.27. The predicted molar refractivity (Wildman–Crippen MR) is 53.8 cm³/mol. The van der Waals surface area contributed by atoms with Gasteiger partial charge in [0.05, 0.1) is 12.4 Å². The van der Waals surface area contributed by atoms with E-state index in [0.717, 1.165) is 19.4 Å². The Kier molecular flexibility index (Phi) is 2.84. The molecule has 2 rings (SSSR count). The number of likely N-dealkylation sites (N-methyl/N-ethyl adjacent to an activating group) is 1. The van der Waals surface area contributed by atoms with Gasteiger partial charge in [0.15, 0.2) is 0 Å². The van der Waals surface area contributed by atoms with Crippen molar-refractivity contribution >= 4 is 0 Å². The average Bonchev–Trinajstić information content (AvgIpc) is 2.76. The fourth-order valence-corrected chi connectivity index (χ4v) is 2.27. The van der Waals surface area contributed by atoms with Crippen LogP contribution in [-0.4, -0.2) is 33.9 Å². The number of rotatable bonds is 3. The van der Waals surface area contributed by atoms with Crippen LogP contribution in [0.25, 0.3) is 0 Å². The molecule has 0 bridgehead atoms. The molecular weight excluding hydrogens is 178 g/mol. The fraction of sp³-hybridized carbons (Fsp3) is 0.700. The van der Waals surface area contributed by atoms with Crippen LogP contribution < -0.4 is 5.32 Å². The number of aliphatic hydroxyl groups excluding tert-OH is 1. The van der Waals surface area contributed by atoms with Gasteiger partial charge in [-0.1, -0.05) is 0 Å². The summed E-state index contributed by atoms with van der Waals surface area (Å²) in [5, 5.41) is 12.8. The van der Waals surface area contributed by atoms with Crippen LogP contribution in [0.15, 0.2) is 18.7 Å². The zero-order chi connectivity index (χ0) is 9.97. The van der Waals surface area contributed by atoms with Gasteiger partial charge in [-0.15, -0.1) is 0 Å². The Morgan fingerprint density at radius 1 is 1.57 bits per heavy atom. The largest absolute Gasteiger partial charge is 0.391 e. The Balaban J connectivity index is 1.89. The molecule has 2 N–H and O–H groups in total. The molecule has 1 saturated carbocycles. The van der Waals surface area contributed by atoms with Crippen molar-refractivity contribution in [1.29, 1.82) is 0 Å². The molecule has 1 aliphatic rings. The summed E-state index contributed by atoms with van der Waals surface area (Å²) < 4.78 is 2.08. The second-order valence-electron chi connectivity index (χ2n) is 4.06. The van der Waals surface area contributed by atoms with Gasteiger partial charge in [-0.25, -0.2) is 4.98 Å². The van der Waals surface area contributed by atoms with Gasteiger partial charge in [0, 0.05) is 25.0 Å². The van der Waals surface area contributed by atoms with E-state index in [1.807, 2.05) is 19.6 Å². The molecule has 1 aromatic rings. The lowest BCUT2D eigenvalue weighted by molar-refractivity contribution is 0.149. The Morgan fingerprint density at radius 3 is 3.00 bits per heavy atom. The minimum absolute atomic E-state index is 0.187. The van der Waals surface area contributed by atoms with Crippen LogP contribution in [0, 0.1) is 5.92 Å². The highest BCUT2D eigenvalue weighted by molar-refractivity contribution is 4.88. The first-order valence-corrected chi connectivity index (χ1v) is 5.10. The molecule has 1 heterocycles. The molecule has 1 aromatic heterocycles. The molecule has 4 heteroatoms. The first-order chi connectivity index (χ1) is 6.79. The second-order valence-corrected chi connectivity index (χ2v) is 4.06. The Morgan fingerprint density at radius 2 is 2.43 bits per heavy atom. The van der Waals surface area contributed by atoms with E-state index < -0.39 is 0 Å². The molecule has 1 fully saturated rings.